The van der Waals surface area contributed by atoms with Crippen LogP contribution >= 0.6 is 7.82 Å². The van der Waals surface area contributed by atoms with Crippen LogP contribution in [-0.4, -0.2) is 177 Å². The van der Waals surface area contributed by atoms with Gasteiger partial charge in [0.2, 0.25) is 5.69 Å². The van der Waals surface area contributed by atoms with E-state index in [1.807, 2.05) is 49.3 Å². The van der Waals surface area contributed by atoms with Crippen molar-refractivity contribution < 1.29 is 107 Å². The number of carbonyl (C=O) groups excluding carboxylic acids is 2. The molecule has 508 valence electrons. The monoisotopic (exact) mass is 1410 g/mol. The second kappa shape index (κ2) is 28.4. The SMILES string of the molecule is CCCC1(C)C(/C=C/C=C2/N(CCCCCCOP(=O)(O)OC[C@H]3O[C@@H](C)CC3O)c3cc(S(=O)(=O)O)c4cc(-c5cc(C(=O)NCCS(=O)(=O)O)nc(C(=O)NCCS(=O)(=O)O)c5)ccc4c3C2(C)C)=[N+](CCCS(=O)(=O)O)c2ccc3c(S(=O)(=O)O)cccc3c21. The molecule has 3 unspecified atom stereocenters. The normalized spacial score (nSPS) is 20.5. The molecule has 0 bridgehead atoms. The number of pyridine rings is 1. The summed E-state index contributed by atoms with van der Waals surface area (Å²) in [5.41, 5.74) is 0.840. The maximum Gasteiger partial charge on any atom is 0.472 e. The van der Waals surface area contributed by atoms with Crippen molar-refractivity contribution in [2.75, 3.05) is 61.6 Å². The van der Waals surface area contributed by atoms with Crippen molar-refractivity contribution in [3.8, 4) is 11.1 Å². The maximum absolute atomic E-state index is 13.8. The molecule has 4 heterocycles. The maximum atomic E-state index is 13.8. The average molecular weight is 1410 g/mol. The first kappa shape index (κ1) is 72.8. The van der Waals surface area contributed by atoms with E-state index in [1.165, 1.54) is 36.4 Å². The topological polar surface area (TPSA) is 434 Å². The highest BCUT2D eigenvalue weighted by Gasteiger charge is 2.49. The molecule has 0 spiro atoms. The fourth-order valence-electron chi connectivity index (χ4n) is 12.5. The average Bonchev–Trinajstić information content (AvgIpc) is 1.55. The number of ether oxygens (including phenoxy) is 1. The minimum absolute atomic E-state index is 0.0279. The number of carbonyl (C=O) groups is 2. The molecule has 0 aliphatic carbocycles. The van der Waals surface area contributed by atoms with Gasteiger partial charge in [-0.15, -0.1) is 0 Å². The van der Waals surface area contributed by atoms with Crippen LogP contribution in [0.5, 0.6) is 0 Å². The number of rotatable bonds is 30. The first-order chi connectivity index (χ1) is 43.2. The van der Waals surface area contributed by atoms with Gasteiger partial charge in [-0.2, -0.15) is 46.7 Å². The quantitative estimate of drug-likeness (QED) is 0.0100. The summed E-state index contributed by atoms with van der Waals surface area (Å²) in [4.78, 5) is 42.4. The minimum Gasteiger partial charge on any atom is -0.390 e. The number of benzene rings is 4. The summed E-state index contributed by atoms with van der Waals surface area (Å²) >= 11 is 0. The van der Waals surface area contributed by atoms with Gasteiger partial charge in [-0.1, -0.05) is 70.4 Å². The third kappa shape index (κ3) is 17.5. The van der Waals surface area contributed by atoms with Crippen LogP contribution < -0.4 is 15.5 Å². The van der Waals surface area contributed by atoms with Crippen molar-refractivity contribution in [3.63, 3.8) is 0 Å². The van der Waals surface area contributed by atoms with Gasteiger partial charge in [0.25, 0.3) is 62.4 Å². The molecule has 1 fully saturated rings. The largest absolute Gasteiger partial charge is 0.472 e. The molecule has 2 amide bonds. The lowest BCUT2D eigenvalue weighted by molar-refractivity contribution is -0.437. The molecule has 8 rings (SSSR count). The summed E-state index contributed by atoms with van der Waals surface area (Å²) in [6.45, 7) is 8.04. The predicted octanol–water partition coefficient (Wildman–Crippen LogP) is 6.69. The molecule has 1 saturated heterocycles. The van der Waals surface area contributed by atoms with Gasteiger partial charge in [0, 0.05) is 77.8 Å². The minimum atomic E-state index is -5.14. The summed E-state index contributed by atoms with van der Waals surface area (Å²) in [7, 11) is -27.9. The third-order valence-corrected chi connectivity index (χ3v) is 21.5. The molecular formula is C59H75N5O23PS5+. The predicted molar refractivity (Wildman–Crippen MR) is 344 cm³/mol. The van der Waals surface area contributed by atoms with Crippen molar-refractivity contribution in [1.29, 1.82) is 0 Å². The third-order valence-electron chi connectivity index (χ3n) is 16.5. The number of hydrogen-bond acceptors (Lipinski definition) is 19. The van der Waals surface area contributed by atoms with E-state index in [-0.39, 0.29) is 65.6 Å². The zero-order valence-electron chi connectivity index (χ0n) is 51.3. The van der Waals surface area contributed by atoms with E-state index in [4.69, 9.17) is 13.8 Å². The second-order valence-electron chi connectivity index (χ2n) is 23.7. The number of aromatic nitrogens is 1. The van der Waals surface area contributed by atoms with Crippen LogP contribution in [-0.2, 0) is 79.8 Å². The highest BCUT2D eigenvalue weighted by atomic mass is 32.2. The molecule has 0 saturated carbocycles. The molecule has 5 atom stereocenters. The van der Waals surface area contributed by atoms with E-state index in [9.17, 15) is 89.0 Å². The smallest absolute Gasteiger partial charge is 0.390 e. The Morgan fingerprint density at radius 1 is 0.731 bits per heavy atom. The van der Waals surface area contributed by atoms with E-state index in [0.29, 0.717) is 89.6 Å². The zero-order valence-corrected chi connectivity index (χ0v) is 56.3. The van der Waals surface area contributed by atoms with Gasteiger partial charge in [-0.3, -0.25) is 41.4 Å². The number of anilines is 1. The van der Waals surface area contributed by atoms with Crippen LogP contribution in [0.3, 0.4) is 0 Å². The van der Waals surface area contributed by atoms with Crippen molar-refractivity contribution >= 4 is 109 Å². The van der Waals surface area contributed by atoms with E-state index in [0.717, 1.165) is 0 Å². The lowest BCUT2D eigenvalue weighted by Gasteiger charge is -2.27. The Morgan fingerprint density at radius 2 is 1.33 bits per heavy atom. The molecule has 34 heteroatoms. The fraction of sp³-hybridized carbons (Fsp3) is 0.458. The Hall–Kier alpha value is -5.98. The van der Waals surface area contributed by atoms with E-state index in [2.05, 4.69) is 15.6 Å². The highest BCUT2D eigenvalue weighted by Crippen LogP contribution is 2.54. The van der Waals surface area contributed by atoms with Gasteiger partial charge >= 0.3 is 7.82 Å². The number of hydrogen-bond donors (Lipinski definition) is 9. The van der Waals surface area contributed by atoms with Gasteiger partial charge in [-0.05, 0) is 103 Å². The second-order valence-corrected chi connectivity index (χ2v) is 32.7. The number of nitrogens with one attached hydrogen (secondary N) is 2. The van der Waals surface area contributed by atoms with Crippen molar-refractivity contribution in [2.45, 2.75) is 125 Å². The first-order valence-corrected chi connectivity index (χ1v) is 38.8. The lowest BCUT2D eigenvalue weighted by Crippen LogP contribution is -2.32. The van der Waals surface area contributed by atoms with Gasteiger partial charge in [0.05, 0.1) is 48.1 Å². The van der Waals surface area contributed by atoms with Gasteiger partial charge < -0.3 is 30.3 Å². The standard InChI is InChI=1S/C59H74N5O23PS5/c1-6-22-59(5)53(63(26-13-28-89(70,71)72)46-21-20-40-41(55(46)59)14-11-15-50(40)92(79,80)81)17-12-16-52-58(3,4)54-42-19-18-38(39-33-44(56(66)60-23-29-90(73,74)75)62-45(34-39)57(67)61-24-30-91(76,77)78)32-43(42)51(93(82,83)84)35-47(54)64(52)25-9-7-8-10-27-85-88(68,69)86-36-49-48(65)31-37(2)87-49/h11-12,14-21,32-35,37,48-49,65H,6-10,13,22-31,36H2,1-5H3,(H7-,60,61,66,67,68,69,70,71,72,73,74,75,76,77,78,79,80,81,82,83,84)/p+1/t37-,48?,49+,59?/m0/s1. The van der Waals surface area contributed by atoms with Crippen LogP contribution in [0.4, 0.5) is 11.4 Å². The van der Waals surface area contributed by atoms with E-state index in [1.54, 1.807) is 43.3 Å². The Balaban J connectivity index is 1.22. The summed E-state index contributed by atoms with van der Waals surface area (Å²) < 4.78 is 203. The number of phosphoric acid groups is 1. The van der Waals surface area contributed by atoms with E-state index >= 15 is 0 Å². The Kier molecular flexibility index (Phi) is 22.2. The highest BCUT2D eigenvalue weighted by molar-refractivity contribution is 7.87. The molecule has 3 aliphatic rings. The number of aliphatic hydroxyl groups is 1. The Bertz CT molecular complexity index is 4440. The van der Waals surface area contributed by atoms with Crippen molar-refractivity contribution in [1.82, 2.24) is 15.6 Å². The van der Waals surface area contributed by atoms with Crippen LogP contribution in [0.2, 0.25) is 0 Å². The number of allylic oxidation sites excluding steroid dienone is 4. The van der Waals surface area contributed by atoms with Crippen LogP contribution in [0.15, 0.2) is 100 Å². The number of phosphoric ester groups is 1. The molecule has 4 aromatic carbocycles. The van der Waals surface area contributed by atoms with E-state index < -0.39 is 140 Å². The number of fused-ring (bicyclic) bond motifs is 6. The summed E-state index contributed by atoms with van der Waals surface area (Å²) in [6, 6.07) is 16.0. The summed E-state index contributed by atoms with van der Waals surface area (Å²) in [6.07, 6.45) is 6.61. The summed E-state index contributed by atoms with van der Waals surface area (Å²) in [5, 5.41) is 15.8. The van der Waals surface area contributed by atoms with Crippen molar-refractivity contribution in [2.24, 2.45) is 0 Å². The Morgan fingerprint density at radius 3 is 1.91 bits per heavy atom. The molecule has 1 aromatic heterocycles. The first-order valence-electron chi connectivity index (χ1n) is 29.6. The molecule has 28 nitrogen and oxygen atoms in total. The Labute approximate surface area is 539 Å². The zero-order chi connectivity index (χ0) is 68.4. The molecule has 93 heavy (non-hydrogen) atoms. The van der Waals surface area contributed by atoms with Crippen LogP contribution in [0, 0.1) is 0 Å². The van der Waals surface area contributed by atoms with Crippen LogP contribution in [0.1, 0.15) is 118 Å². The molecule has 3 aliphatic heterocycles. The molecule has 5 aromatic rings. The number of aliphatic hydroxyl groups excluding tert-OH is 1. The van der Waals surface area contributed by atoms with Gasteiger partial charge in [0.1, 0.15) is 33.8 Å². The molecular weight excluding hydrogens is 1340 g/mol. The van der Waals surface area contributed by atoms with Crippen molar-refractivity contribution in [3.05, 3.63) is 113 Å². The summed E-state index contributed by atoms with van der Waals surface area (Å²) in [5.74, 6) is -4.40. The number of nitrogens with zero attached hydrogens (tertiary/aromatic N) is 3. The van der Waals surface area contributed by atoms with Crippen LogP contribution in [0.25, 0.3) is 32.7 Å². The van der Waals surface area contributed by atoms with Gasteiger partial charge in [0.15, 0.2) is 5.71 Å². The molecule has 9 N–H and O–H groups in total. The lowest BCUT2D eigenvalue weighted by atomic mass is 9.74. The fourth-order valence-corrected chi connectivity index (χ4v) is 15.9. The van der Waals surface area contributed by atoms with Gasteiger partial charge in [-0.25, -0.2) is 9.55 Å². The number of amides is 2. The number of unbranched alkanes of at least 4 members (excludes halogenated alkanes) is 3. The molecule has 0 radical (unpaired) electrons.